The van der Waals surface area contributed by atoms with Crippen molar-refractivity contribution < 1.29 is 9.53 Å². The summed E-state index contributed by atoms with van der Waals surface area (Å²) in [6.07, 6.45) is 16.2. The highest BCUT2D eigenvalue weighted by Gasteiger charge is 2.16. The number of aromatic nitrogens is 4. The van der Waals surface area contributed by atoms with Crippen molar-refractivity contribution in [1.29, 1.82) is 0 Å². The van der Waals surface area contributed by atoms with Crippen LogP contribution in [0.3, 0.4) is 0 Å². The third kappa shape index (κ3) is 7.43. The summed E-state index contributed by atoms with van der Waals surface area (Å²) in [5.74, 6) is -0.357. The van der Waals surface area contributed by atoms with E-state index < -0.39 is 0 Å². The highest BCUT2D eigenvalue weighted by atomic mass is 16.5. The third-order valence-corrected chi connectivity index (χ3v) is 9.21. The molecule has 1 aliphatic heterocycles. The maximum Gasteiger partial charge on any atom is 0.330 e. The summed E-state index contributed by atoms with van der Waals surface area (Å²) in [6, 6.07) is 15.7. The lowest BCUT2D eigenvalue weighted by atomic mass is 10.0. The Bertz CT molecular complexity index is 1910. The predicted molar refractivity (Wildman–Crippen MR) is 191 cm³/mol. The number of carbonyl (C=O) groups excluding carboxylic acids is 1. The van der Waals surface area contributed by atoms with E-state index in [0.717, 1.165) is 110 Å². The van der Waals surface area contributed by atoms with Gasteiger partial charge in [0.2, 0.25) is 0 Å². The van der Waals surface area contributed by atoms with Crippen molar-refractivity contribution in [2.45, 2.75) is 105 Å². The van der Waals surface area contributed by atoms with Crippen LogP contribution in [0.2, 0.25) is 0 Å². The number of hydrogen-bond donors (Lipinski definition) is 4. The molecule has 4 N–H and O–H groups in total. The first-order valence-corrected chi connectivity index (χ1v) is 17.5. The minimum Gasteiger partial charge on any atom is -0.466 e. The fourth-order valence-corrected chi connectivity index (χ4v) is 6.53. The Labute approximate surface area is 273 Å². The molecule has 0 fully saturated rings. The molecule has 0 saturated heterocycles. The molecule has 5 rings (SSSR count). The van der Waals surface area contributed by atoms with Crippen molar-refractivity contribution in [3.8, 4) is 0 Å². The Morgan fingerprint density at radius 3 is 1.48 bits per heavy atom. The van der Waals surface area contributed by atoms with E-state index in [4.69, 9.17) is 4.74 Å². The van der Waals surface area contributed by atoms with E-state index in [1.807, 2.05) is 6.08 Å². The Kier molecular flexibility index (Phi) is 11.5. The molecule has 46 heavy (non-hydrogen) atoms. The largest absolute Gasteiger partial charge is 0.466 e. The molecule has 6 nitrogen and oxygen atoms in total. The van der Waals surface area contributed by atoms with E-state index in [1.54, 1.807) is 0 Å². The summed E-state index contributed by atoms with van der Waals surface area (Å²) >= 11 is 0. The smallest absolute Gasteiger partial charge is 0.330 e. The van der Waals surface area contributed by atoms with Gasteiger partial charge < -0.3 is 24.7 Å². The average Bonchev–Trinajstić information content (AvgIpc) is 3.89. The summed E-state index contributed by atoms with van der Waals surface area (Å²) in [6.45, 7) is 8.99. The maximum absolute atomic E-state index is 12.3. The second-order valence-electron chi connectivity index (χ2n) is 12.6. The molecule has 0 atom stereocenters. The number of methoxy groups -OCH3 is 1. The standard InChI is InChI=1S/C40H52N4O2/c1-6-10-14-28-32-19-20-33(41-32)29(15-11-7-2)35-23-24-37(43-35)31(17-13-9-4)40-27(18-25-39(45)46-5)26-38(44-40)30(16-12-8-3)36-22-21-34(28)42-36/h18-26,41-44H,6-17H2,1-5H3. The number of esters is 1. The normalized spacial score (nSPS) is 13.3. The highest BCUT2D eigenvalue weighted by Crippen LogP contribution is 2.25. The molecule has 5 heterocycles. The molecule has 0 saturated carbocycles. The molecule has 0 radical (unpaired) electrons. The van der Waals surface area contributed by atoms with Crippen LogP contribution in [-0.2, 0) is 9.53 Å². The number of nitrogens with one attached hydrogen (secondary N) is 4. The van der Waals surface area contributed by atoms with E-state index in [2.05, 4.69) is 90.1 Å². The quantitative estimate of drug-likeness (QED) is 0.0899. The molecule has 0 amide bonds. The molecule has 1 aliphatic rings. The molecule has 4 aromatic rings. The summed E-state index contributed by atoms with van der Waals surface area (Å²) in [7, 11) is 1.42. The van der Waals surface area contributed by atoms with Crippen LogP contribution in [0.5, 0.6) is 0 Å². The predicted octanol–water partition coefficient (Wildman–Crippen LogP) is 7.06. The molecule has 4 aromatic heterocycles. The third-order valence-electron chi connectivity index (χ3n) is 9.21. The van der Waals surface area contributed by atoms with E-state index in [1.165, 1.54) is 51.9 Å². The van der Waals surface area contributed by atoms with Gasteiger partial charge in [0.05, 0.1) is 12.5 Å². The lowest BCUT2D eigenvalue weighted by Crippen LogP contribution is -2.19. The Hall–Kier alpha value is -4.19. The molecular formula is C40H52N4O2. The zero-order valence-electron chi connectivity index (χ0n) is 28.5. The van der Waals surface area contributed by atoms with Gasteiger partial charge in [-0.3, -0.25) is 0 Å². The molecule has 8 bridgehead atoms. The molecule has 6 heteroatoms. The molecule has 0 aliphatic carbocycles. The van der Waals surface area contributed by atoms with Crippen LogP contribution in [-0.4, -0.2) is 33.0 Å². The monoisotopic (exact) mass is 620 g/mol. The first kappa shape index (κ1) is 33.2. The van der Waals surface area contributed by atoms with Gasteiger partial charge in [-0.05, 0) is 122 Å². The average molecular weight is 621 g/mol. The first-order chi connectivity index (χ1) is 22.5. The number of unbranched alkanes of at least 4 members (excludes halogenated alkanes) is 4. The Morgan fingerprint density at radius 1 is 0.587 bits per heavy atom. The van der Waals surface area contributed by atoms with Gasteiger partial charge in [-0.2, -0.15) is 0 Å². The summed E-state index contributed by atoms with van der Waals surface area (Å²) in [5.41, 5.74) is 10.7. The van der Waals surface area contributed by atoms with Crippen molar-refractivity contribution in [1.82, 2.24) is 19.9 Å². The number of fused-ring (bicyclic) bond motifs is 8. The van der Waals surface area contributed by atoms with Crippen molar-refractivity contribution in [2.75, 3.05) is 7.11 Å². The van der Waals surface area contributed by atoms with Crippen molar-refractivity contribution in [3.63, 3.8) is 0 Å². The summed E-state index contributed by atoms with van der Waals surface area (Å²) in [5, 5.41) is 4.50. The van der Waals surface area contributed by atoms with Gasteiger partial charge in [0.15, 0.2) is 0 Å². The Balaban J connectivity index is 1.90. The molecule has 0 aromatic carbocycles. The molecule has 244 valence electrons. The lowest BCUT2D eigenvalue weighted by Gasteiger charge is -2.08. The molecular weight excluding hydrogens is 568 g/mol. The van der Waals surface area contributed by atoms with Crippen LogP contribution in [0, 0.1) is 0 Å². The second kappa shape index (κ2) is 15.9. The van der Waals surface area contributed by atoms with Gasteiger partial charge in [0.25, 0.3) is 0 Å². The SMILES string of the molecule is CCCCC1=c2ccc([nH]2)=C(CCCC)c2ccc([nH]2)C(CCCC)=c2[nH]c(cc2C=CC(=O)OC)=C(CCCC)c2ccc1[nH]2. The number of H-pyrrole nitrogens is 4. The minimum absolute atomic E-state index is 0.357. The number of rotatable bonds is 14. The van der Waals surface area contributed by atoms with Crippen molar-refractivity contribution in [3.05, 3.63) is 98.3 Å². The van der Waals surface area contributed by atoms with Crippen LogP contribution in [0.15, 0.2) is 48.5 Å². The number of ether oxygens (including phenoxy) is 1. The van der Waals surface area contributed by atoms with Gasteiger partial charge in [-0.15, -0.1) is 0 Å². The maximum atomic E-state index is 12.3. The van der Waals surface area contributed by atoms with E-state index >= 15 is 0 Å². The van der Waals surface area contributed by atoms with Gasteiger partial charge in [-0.25, -0.2) is 4.79 Å². The van der Waals surface area contributed by atoms with E-state index in [-0.39, 0.29) is 5.97 Å². The van der Waals surface area contributed by atoms with Crippen molar-refractivity contribution in [2.24, 2.45) is 0 Å². The van der Waals surface area contributed by atoms with Crippen LogP contribution >= 0.6 is 0 Å². The van der Waals surface area contributed by atoms with Gasteiger partial charge in [-0.1, -0.05) is 53.4 Å². The second-order valence-corrected chi connectivity index (χ2v) is 12.6. The van der Waals surface area contributed by atoms with E-state index in [0.29, 0.717) is 0 Å². The highest BCUT2D eigenvalue weighted by molar-refractivity contribution is 5.87. The van der Waals surface area contributed by atoms with Crippen LogP contribution in [0.1, 0.15) is 133 Å². The number of aromatic amines is 4. The van der Waals surface area contributed by atoms with Gasteiger partial charge in [0.1, 0.15) is 0 Å². The molecule has 0 unspecified atom stereocenters. The zero-order valence-corrected chi connectivity index (χ0v) is 28.5. The van der Waals surface area contributed by atoms with Gasteiger partial charge >= 0.3 is 5.97 Å². The summed E-state index contributed by atoms with van der Waals surface area (Å²) in [4.78, 5) is 27.7. The fraction of sp³-hybridized carbons (Fsp3) is 0.425. The number of carbonyl (C=O) groups is 1. The van der Waals surface area contributed by atoms with Crippen LogP contribution in [0.25, 0.3) is 28.4 Å². The topological polar surface area (TPSA) is 89.5 Å². The zero-order chi connectivity index (χ0) is 32.5. The summed E-state index contributed by atoms with van der Waals surface area (Å²) < 4.78 is 4.98. The van der Waals surface area contributed by atoms with Crippen LogP contribution in [0.4, 0.5) is 0 Å². The lowest BCUT2D eigenvalue weighted by molar-refractivity contribution is -0.134. The Morgan fingerprint density at radius 2 is 1.02 bits per heavy atom. The van der Waals surface area contributed by atoms with Crippen molar-refractivity contribution >= 4 is 34.3 Å². The first-order valence-electron chi connectivity index (χ1n) is 17.5. The van der Waals surface area contributed by atoms with E-state index in [9.17, 15) is 4.79 Å². The van der Waals surface area contributed by atoms with Gasteiger partial charge in [0, 0.05) is 50.5 Å². The number of hydrogen-bond acceptors (Lipinski definition) is 2. The molecule has 0 spiro atoms. The fourth-order valence-electron chi connectivity index (χ4n) is 6.53. The minimum atomic E-state index is -0.357. The van der Waals surface area contributed by atoms with Crippen LogP contribution < -0.4 is 21.4 Å².